The lowest BCUT2D eigenvalue weighted by atomic mass is 10.1. The molecule has 1 saturated heterocycles. The van der Waals surface area contributed by atoms with Crippen molar-refractivity contribution in [2.45, 2.75) is 6.92 Å². The fourth-order valence-corrected chi connectivity index (χ4v) is 1.44. The molecule has 1 N–H and O–H groups in total. The van der Waals surface area contributed by atoms with Crippen molar-refractivity contribution in [3.05, 3.63) is 24.3 Å². The van der Waals surface area contributed by atoms with Gasteiger partial charge in [0.1, 0.15) is 5.57 Å². The second-order valence-corrected chi connectivity index (χ2v) is 3.52. The molecule has 1 heterocycles. The molecule has 0 bridgehead atoms. The predicted molar refractivity (Wildman–Crippen MR) is 61.4 cm³/mol. The predicted octanol–water partition coefficient (Wildman–Crippen LogP) is -0.0689. The number of nitrogens with one attached hydrogen (secondary N) is 1. The van der Waals surface area contributed by atoms with Gasteiger partial charge in [0.05, 0.1) is 0 Å². The van der Waals surface area contributed by atoms with Gasteiger partial charge in [0.15, 0.2) is 10.9 Å². The third-order valence-electron chi connectivity index (χ3n) is 1.85. The Bertz CT molecular complexity index is 426. The van der Waals surface area contributed by atoms with Gasteiger partial charge in [-0.3, -0.25) is 24.6 Å². The Morgan fingerprint density at radius 1 is 1.56 bits per heavy atom. The molecule has 1 rings (SSSR count). The summed E-state index contributed by atoms with van der Waals surface area (Å²) in [6.45, 7) is 4.93. The van der Waals surface area contributed by atoms with Crippen LogP contribution in [0.1, 0.15) is 6.92 Å². The molecule has 0 aromatic carbocycles. The van der Waals surface area contributed by atoms with Crippen LogP contribution in [0.5, 0.6) is 0 Å². The Hall–Kier alpha value is -1.82. The number of hydrogen-bond acceptors (Lipinski definition) is 4. The van der Waals surface area contributed by atoms with Gasteiger partial charge in [-0.25, -0.2) is 0 Å². The highest BCUT2D eigenvalue weighted by Crippen LogP contribution is 2.09. The van der Waals surface area contributed by atoms with Crippen LogP contribution < -0.4 is 5.32 Å². The van der Waals surface area contributed by atoms with Crippen molar-refractivity contribution in [1.29, 1.82) is 0 Å². The van der Waals surface area contributed by atoms with E-state index in [4.69, 9.17) is 12.2 Å². The Morgan fingerprint density at radius 3 is 2.69 bits per heavy atom. The van der Waals surface area contributed by atoms with Gasteiger partial charge in [-0.1, -0.05) is 6.08 Å². The van der Waals surface area contributed by atoms with Crippen LogP contribution in [0.3, 0.4) is 0 Å². The molecule has 2 amide bonds. The van der Waals surface area contributed by atoms with Crippen molar-refractivity contribution < 1.29 is 14.4 Å². The number of carbonyl (C=O) groups excluding carboxylic acids is 3. The first-order chi connectivity index (χ1) is 7.47. The minimum absolute atomic E-state index is 0.0237. The third kappa shape index (κ3) is 2.40. The molecule has 0 aromatic heterocycles. The molecule has 0 aliphatic carbocycles. The van der Waals surface area contributed by atoms with Gasteiger partial charge in [-0.15, -0.1) is 6.58 Å². The molecule has 16 heavy (non-hydrogen) atoms. The van der Waals surface area contributed by atoms with Crippen LogP contribution in [-0.4, -0.2) is 34.2 Å². The van der Waals surface area contributed by atoms with Gasteiger partial charge in [-0.2, -0.15) is 0 Å². The topological polar surface area (TPSA) is 66.5 Å². The lowest BCUT2D eigenvalue weighted by Gasteiger charge is -2.27. The monoisotopic (exact) mass is 238 g/mol. The summed E-state index contributed by atoms with van der Waals surface area (Å²) >= 11 is 4.83. The van der Waals surface area contributed by atoms with Gasteiger partial charge < -0.3 is 0 Å². The molecule has 1 aliphatic rings. The standard InChI is InChI=1S/C10H10N2O3S/c1-3-4-12-9(15)7(5-6(2)13)8(14)11-10(12)16/h3,5H,1,4H2,2H3,(H,11,14,16)/b7-5+. The summed E-state index contributed by atoms with van der Waals surface area (Å²) < 4.78 is 0. The van der Waals surface area contributed by atoms with E-state index in [9.17, 15) is 14.4 Å². The molecule has 0 aromatic rings. The van der Waals surface area contributed by atoms with E-state index in [1.54, 1.807) is 0 Å². The van der Waals surface area contributed by atoms with Gasteiger partial charge in [0, 0.05) is 6.54 Å². The van der Waals surface area contributed by atoms with Crippen molar-refractivity contribution >= 4 is 34.9 Å². The van der Waals surface area contributed by atoms with Crippen molar-refractivity contribution in [3.8, 4) is 0 Å². The summed E-state index contributed by atoms with van der Waals surface area (Å²) in [5.74, 6) is -1.60. The van der Waals surface area contributed by atoms with Crippen LogP contribution in [0.15, 0.2) is 24.3 Å². The zero-order valence-electron chi connectivity index (χ0n) is 8.65. The lowest BCUT2D eigenvalue weighted by molar-refractivity contribution is -0.129. The number of nitrogens with zero attached hydrogens (tertiary/aromatic N) is 1. The minimum Gasteiger partial charge on any atom is -0.298 e. The van der Waals surface area contributed by atoms with Gasteiger partial charge in [-0.05, 0) is 25.2 Å². The zero-order valence-corrected chi connectivity index (χ0v) is 9.47. The smallest absolute Gasteiger partial charge is 0.266 e. The summed E-state index contributed by atoms with van der Waals surface area (Å²) in [5.41, 5.74) is -0.206. The first-order valence-corrected chi connectivity index (χ1v) is 4.88. The van der Waals surface area contributed by atoms with Crippen LogP contribution in [0.4, 0.5) is 0 Å². The number of hydrogen-bond donors (Lipinski definition) is 1. The normalized spacial score (nSPS) is 18.7. The lowest BCUT2D eigenvalue weighted by Crippen LogP contribution is -2.54. The van der Waals surface area contributed by atoms with Crippen molar-refractivity contribution in [2.24, 2.45) is 0 Å². The summed E-state index contributed by atoms with van der Waals surface area (Å²) in [4.78, 5) is 35.2. The highest BCUT2D eigenvalue weighted by Gasteiger charge is 2.32. The Kier molecular flexibility index (Phi) is 3.68. The van der Waals surface area contributed by atoms with E-state index in [0.29, 0.717) is 0 Å². The summed E-state index contributed by atoms with van der Waals surface area (Å²) in [7, 11) is 0. The van der Waals surface area contributed by atoms with Crippen molar-refractivity contribution in [1.82, 2.24) is 10.2 Å². The maximum atomic E-state index is 11.8. The van der Waals surface area contributed by atoms with E-state index in [1.807, 2.05) is 0 Å². The number of allylic oxidation sites excluding steroid dienone is 1. The first kappa shape index (κ1) is 12.3. The van der Waals surface area contributed by atoms with Gasteiger partial charge in [0.25, 0.3) is 11.8 Å². The molecule has 0 unspecified atom stereocenters. The maximum Gasteiger partial charge on any atom is 0.266 e. The molecule has 1 aliphatic heterocycles. The fourth-order valence-electron chi connectivity index (χ4n) is 1.19. The Labute approximate surface area is 97.8 Å². The maximum absolute atomic E-state index is 11.8. The second-order valence-electron chi connectivity index (χ2n) is 3.13. The van der Waals surface area contributed by atoms with Crippen LogP contribution in [0.25, 0.3) is 0 Å². The molecule has 0 spiro atoms. The molecule has 0 saturated carbocycles. The van der Waals surface area contributed by atoms with Gasteiger partial charge >= 0.3 is 0 Å². The largest absolute Gasteiger partial charge is 0.298 e. The average molecular weight is 238 g/mol. The fraction of sp³-hybridized carbons (Fsp3) is 0.200. The number of thiocarbonyl (C=S) groups is 1. The van der Waals surface area contributed by atoms with Crippen LogP contribution in [0, 0.1) is 0 Å². The SMILES string of the molecule is C=CCN1C(=O)/C(=C/C(C)=O)C(=O)NC1=S. The van der Waals surface area contributed by atoms with E-state index in [0.717, 1.165) is 6.08 Å². The number of ketones is 1. The molecule has 5 nitrogen and oxygen atoms in total. The minimum atomic E-state index is -0.648. The van der Waals surface area contributed by atoms with Crippen LogP contribution in [0.2, 0.25) is 0 Å². The molecule has 1 fully saturated rings. The van der Waals surface area contributed by atoms with Crippen molar-refractivity contribution in [2.75, 3.05) is 6.54 Å². The van der Waals surface area contributed by atoms with E-state index < -0.39 is 11.8 Å². The van der Waals surface area contributed by atoms with Crippen LogP contribution >= 0.6 is 12.2 Å². The summed E-state index contributed by atoms with van der Waals surface area (Å²) in [5, 5.41) is 2.35. The average Bonchev–Trinajstić information content (AvgIpc) is 2.19. The molecular weight excluding hydrogens is 228 g/mol. The quantitative estimate of drug-likeness (QED) is 0.323. The third-order valence-corrected chi connectivity index (χ3v) is 2.17. The highest BCUT2D eigenvalue weighted by atomic mass is 32.1. The van der Waals surface area contributed by atoms with Crippen molar-refractivity contribution in [3.63, 3.8) is 0 Å². The molecule has 0 atom stereocenters. The molecular formula is C10H10N2O3S. The summed E-state index contributed by atoms with van der Waals surface area (Å²) in [6, 6.07) is 0. The van der Waals surface area contributed by atoms with E-state index in [-0.39, 0.29) is 23.0 Å². The molecule has 84 valence electrons. The Morgan fingerprint density at radius 2 is 2.19 bits per heavy atom. The van der Waals surface area contributed by atoms with Crippen LogP contribution in [-0.2, 0) is 14.4 Å². The number of carbonyl (C=O) groups is 3. The molecule has 0 radical (unpaired) electrons. The molecule has 6 heteroatoms. The van der Waals surface area contributed by atoms with E-state index in [1.165, 1.54) is 17.9 Å². The first-order valence-electron chi connectivity index (χ1n) is 4.47. The van der Waals surface area contributed by atoms with E-state index >= 15 is 0 Å². The van der Waals surface area contributed by atoms with Gasteiger partial charge in [0.2, 0.25) is 0 Å². The highest BCUT2D eigenvalue weighted by molar-refractivity contribution is 7.80. The second kappa shape index (κ2) is 4.80. The Balaban J connectivity index is 3.08. The van der Waals surface area contributed by atoms with E-state index in [2.05, 4.69) is 11.9 Å². The summed E-state index contributed by atoms with van der Waals surface area (Å²) in [6.07, 6.45) is 2.47. The number of rotatable bonds is 3. The zero-order chi connectivity index (χ0) is 12.3. The number of amides is 2.